The first-order chi connectivity index (χ1) is 15.5. The zero-order valence-corrected chi connectivity index (χ0v) is 24.3. The highest BCUT2D eigenvalue weighted by Gasteiger charge is 2.40. The van der Waals surface area contributed by atoms with Crippen molar-refractivity contribution in [3.05, 3.63) is 0 Å². The molecule has 0 aliphatic carbocycles. The Morgan fingerprint density at radius 1 is 0.594 bits per heavy atom. The van der Waals surface area contributed by atoms with Crippen LogP contribution in [0.1, 0.15) is 54.4 Å². The van der Waals surface area contributed by atoms with E-state index in [0.29, 0.717) is 39.6 Å². The van der Waals surface area contributed by atoms with Gasteiger partial charge >= 0.3 is 23.6 Å². The Morgan fingerprint density at radius 3 is 1.12 bits per heavy atom. The van der Waals surface area contributed by atoms with Crippen LogP contribution >= 0.6 is 23.9 Å². The molecule has 0 aliphatic heterocycles. The van der Waals surface area contributed by atoms with E-state index in [9.17, 15) is 4.79 Å². The number of hydrogen-bond donors (Lipinski definition) is 2. The topological polar surface area (TPSA) is 96.5 Å². The second-order valence-corrected chi connectivity index (χ2v) is 13.7. The lowest BCUT2D eigenvalue weighted by atomic mass is 10.6. The molecule has 0 bridgehead atoms. The van der Waals surface area contributed by atoms with Gasteiger partial charge in [0.1, 0.15) is 0 Å². The van der Waals surface area contributed by atoms with Gasteiger partial charge in [0.2, 0.25) is 0 Å². The van der Waals surface area contributed by atoms with Crippen molar-refractivity contribution in [2.75, 3.05) is 51.1 Å². The minimum absolute atomic E-state index is 0.217. The predicted octanol–water partition coefficient (Wildman–Crippen LogP) is 4.46. The molecule has 0 saturated heterocycles. The molecule has 192 valence electrons. The fourth-order valence-electron chi connectivity index (χ4n) is 2.98. The highest BCUT2D eigenvalue weighted by atomic mass is 32.2. The van der Waals surface area contributed by atoms with E-state index >= 15 is 0 Å². The summed E-state index contributed by atoms with van der Waals surface area (Å²) in [5.74, 6) is 1.51. The third kappa shape index (κ3) is 14.4. The average molecular weight is 533 g/mol. The van der Waals surface area contributed by atoms with Crippen molar-refractivity contribution in [1.82, 2.24) is 9.44 Å². The molecule has 13 heteroatoms. The fourth-order valence-corrected chi connectivity index (χ4v) is 9.93. The number of hydrogen-bond acceptors (Lipinski definition) is 9. The van der Waals surface area contributed by atoms with Gasteiger partial charge in [-0.25, -0.2) is 4.79 Å². The van der Waals surface area contributed by atoms with E-state index in [4.69, 9.17) is 26.6 Å². The van der Waals surface area contributed by atoms with Gasteiger partial charge in [0.15, 0.2) is 0 Å². The predicted molar refractivity (Wildman–Crippen MR) is 137 cm³/mol. The van der Waals surface area contributed by atoms with Crippen LogP contribution in [0.4, 0.5) is 4.79 Å². The molecule has 0 fully saturated rings. The molecule has 2 amide bonds. The normalized spacial score (nSPS) is 12.2. The summed E-state index contributed by atoms with van der Waals surface area (Å²) in [6.07, 6.45) is 1.67. The van der Waals surface area contributed by atoms with Gasteiger partial charge in [-0.1, -0.05) is 0 Å². The maximum Gasteiger partial charge on any atom is 0.500 e. The Balaban J connectivity index is 4.10. The molecule has 0 unspecified atom stereocenters. The minimum Gasteiger partial charge on any atom is -0.374 e. The van der Waals surface area contributed by atoms with Crippen LogP contribution in [0.15, 0.2) is 0 Å². The summed E-state index contributed by atoms with van der Waals surface area (Å²) >= 11 is 2.74. The number of rotatable bonds is 22. The van der Waals surface area contributed by atoms with Crippen LogP contribution in [0.2, 0.25) is 12.1 Å². The molecule has 0 heterocycles. The molecule has 0 spiro atoms. The van der Waals surface area contributed by atoms with Crippen LogP contribution in [0, 0.1) is 0 Å². The van der Waals surface area contributed by atoms with Crippen LogP contribution in [0.5, 0.6) is 0 Å². The first kappa shape index (κ1) is 32.2. The molecule has 32 heavy (non-hydrogen) atoms. The summed E-state index contributed by atoms with van der Waals surface area (Å²) in [6, 6.07) is 1.25. The maximum atomic E-state index is 12.0. The third-order valence-electron chi connectivity index (χ3n) is 3.97. The van der Waals surface area contributed by atoms with Crippen molar-refractivity contribution >= 4 is 47.5 Å². The molecule has 0 atom stereocenters. The van der Waals surface area contributed by atoms with E-state index in [0.717, 1.165) is 36.4 Å². The van der Waals surface area contributed by atoms with Crippen molar-refractivity contribution in [2.45, 2.75) is 66.5 Å². The van der Waals surface area contributed by atoms with Gasteiger partial charge in [-0.05, 0) is 78.3 Å². The molecule has 0 aromatic carbocycles. The van der Waals surface area contributed by atoms with Gasteiger partial charge in [-0.2, -0.15) is 0 Å². The number of nitrogens with one attached hydrogen (secondary N) is 2. The Kier molecular flexibility index (Phi) is 20.6. The highest BCUT2D eigenvalue weighted by Crippen LogP contribution is 2.20. The second kappa shape index (κ2) is 20.5. The Hall–Kier alpha value is 0.164. The lowest BCUT2D eigenvalue weighted by molar-refractivity contribution is 0.0704. The first-order valence-corrected chi connectivity index (χ1v) is 17.4. The van der Waals surface area contributed by atoms with Gasteiger partial charge in [-0.3, -0.25) is 9.44 Å². The molecular weight excluding hydrogens is 489 g/mol. The van der Waals surface area contributed by atoms with Crippen LogP contribution in [-0.4, -0.2) is 74.8 Å². The van der Waals surface area contributed by atoms with E-state index < -0.39 is 17.6 Å². The molecule has 9 nitrogen and oxygen atoms in total. The Labute approximate surface area is 205 Å². The van der Waals surface area contributed by atoms with Gasteiger partial charge < -0.3 is 26.6 Å². The summed E-state index contributed by atoms with van der Waals surface area (Å²) in [4.78, 5) is 12.0. The first-order valence-electron chi connectivity index (χ1n) is 11.6. The molecular formula is C19H44N2O7S2Si2. The number of urea groups is 1. The summed E-state index contributed by atoms with van der Waals surface area (Å²) in [6.45, 7) is 15.1. The monoisotopic (exact) mass is 532 g/mol. The smallest absolute Gasteiger partial charge is 0.374 e. The quantitative estimate of drug-likeness (QED) is 0.119. The number of amides is 2. The van der Waals surface area contributed by atoms with Crippen molar-refractivity contribution in [3.63, 3.8) is 0 Å². The summed E-state index contributed by atoms with van der Waals surface area (Å²) < 4.78 is 40.7. The summed E-state index contributed by atoms with van der Waals surface area (Å²) in [5, 5.41) is 0. The van der Waals surface area contributed by atoms with E-state index in [2.05, 4.69) is 9.44 Å². The van der Waals surface area contributed by atoms with Crippen molar-refractivity contribution in [3.8, 4) is 0 Å². The SMILES string of the molecule is CCO[Si](CCCSNC(=O)NSCCC[Si](OCC)(OCC)OCC)(OCC)OCC. The van der Waals surface area contributed by atoms with E-state index in [-0.39, 0.29) is 6.03 Å². The standard InChI is InChI=1S/C19H44N2O7S2Si2/c1-7-23-31(24-8-2,25-9-3)17-13-15-29-20-19(22)21-30-16-14-18-32(26-10-4,27-11-5)28-12-6/h7-18H2,1-6H3,(H2,20,21,22). The molecule has 0 radical (unpaired) electrons. The fraction of sp³-hybridized carbons (Fsp3) is 0.947. The summed E-state index contributed by atoms with van der Waals surface area (Å²) in [7, 11) is -5.22. The molecule has 0 saturated carbocycles. The highest BCUT2D eigenvalue weighted by molar-refractivity contribution is 7.99. The van der Waals surface area contributed by atoms with E-state index in [1.807, 2.05) is 41.5 Å². The molecule has 0 rings (SSSR count). The van der Waals surface area contributed by atoms with Gasteiger partial charge in [0.25, 0.3) is 0 Å². The van der Waals surface area contributed by atoms with E-state index in [1.54, 1.807) is 0 Å². The minimum atomic E-state index is -2.61. The zero-order valence-electron chi connectivity index (χ0n) is 20.7. The molecule has 0 aliphatic rings. The van der Waals surface area contributed by atoms with Crippen LogP contribution in [-0.2, 0) is 26.6 Å². The number of carbonyl (C=O) groups excluding carboxylic acids is 1. The van der Waals surface area contributed by atoms with Crippen molar-refractivity contribution < 1.29 is 31.4 Å². The van der Waals surface area contributed by atoms with Crippen LogP contribution in [0.25, 0.3) is 0 Å². The lowest BCUT2D eigenvalue weighted by Gasteiger charge is -2.28. The van der Waals surface area contributed by atoms with Crippen LogP contribution in [0.3, 0.4) is 0 Å². The Morgan fingerprint density at radius 2 is 0.875 bits per heavy atom. The molecule has 0 aromatic rings. The third-order valence-corrected chi connectivity index (χ3v) is 11.9. The number of carbonyl (C=O) groups is 1. The summed E-state index contributed by atoms with van der Waals surface area (Å²) in [5.41, 5.74) is 0. The molecule has 0 aromatic heterocycles. The van der Waals surface area contributed by atoms with Gasteiger partial charge in [0, 0.05) is 63.2 Å². The van der Waals surface area contributed by atoms with Gasteiger partial charge in [0.05, 0.1) is 0 Å². The largest absolute Gasteiger partial charge is 0.500 e. The van der Waals surface area contributed by atoms with Gasteiger partial charge in [-0.15, -0.1) is 0 Å². The van der Waals surface area contributed by atoms with E-state index in [1.165, 1.54) is 23.9 Å². The average Bonchev–Trinajstić information content (AvgIpc) is 2.74. The maximum absolute atomic E-state index is 12.0. The van der Waals surface area contributed by atoms with Crippen molar-refractivity contribution in [1.29, 1.82) is 0 Å². The molecule has 2 N–H and O–H groups in total. The Bertz CT molecular complexity index is 399. The second-order valence-electron chi connectivity index (χ2n) is 6.40. The van der Waals surface area contributed by atoms with Crippen molar-refractivity contribution in [2.24, 2.45) is 0 Å². The zero-order chi connectivity index (χ0) is 24.1. The van der Waals surface area contributed by atoms with Crippen LogP contribution < -0.4 is 9.44 Å². The lowest BCUT2D eigenvalue weighted by Crippen LogP contribution is -2.46.